The molecule has 1 unspecified atom stereocenters. The molecule has 0 spiro atoms. The highest BCUT2D eigenvalue weighted by atomic mass is 19.1. The molecule has 1 aliphatic heterocycles. The van der Waals surface area contributed by atoms with E-state index < -0.39 is 0 Å². The van der Waals surface area contributed by atoms with E-state index >= 15 is 0 Å². The summed E-state index contributed by atoms with van der Waals surface area (Å²) in [5.74, 6) is 0.270. The van der Waals surface area contributed by atoms with Gasteiger partial charge in [0.15, 0.2) is 5.82 Å². The Bertz CT molecular complexity index is 665. The van der Waals surface area contributed by atoms with Gasteiger partial charge in [0.05, 0.1) is 6.04 Å². The molecule has 1 aliphatic carbocycles. The number of tetrazole rings is 1. The topological polar surface area (TPSA) is 72.9 Å². The third-order valence-corrected chi connectivity index (χ3v) is 4.35. The number of hydrogen-bond donors (Lipinski definition) is 1. The molecule has 1 aromatic carbocycles. The largest absolute Gasteiger partial charge is 0.398 e. The lowest BCUT2D eigenvalue weighted by Crippen LogP contribution is -2.24. The average molecular weight is 288 g/mol. The molecule has 2 aromatic rings. The number of rotatable bonds is 3. The van der Waals surface area contributed by atoms with Gasteiger partial charge in [0.2, 0.25) is 0 Å². The number of hydrogen-bond acceptors (Lipinski definition) is 5. The Morgan fingerprint density at radius 1 is 1.19 bits per heavy atom. The molecule has 2 N–H and O–H groups in total. The fourth-order valence-corrected chi connectivity index (χ4v) is 3.09. The summed E-state index contributed by atoms with van der Waals surface area (Å²) in [7, 11) is 0. The van der Waals surface area contributed by atoms with Crippen LogP contribution in [-0.4, -0.2) is 44.2 Å². The second kappa shape index (κ2) is 4.77. The minimum absolute atomic E-state index is 0.264. The summed E-state index contributed by atoms with van der Waals surface area (Å²) in [4.78, 5) is 2.50. The Morgan fingerprint density at radius 3 is 2.81 bits per heavy atom. The number of benzene rings is 1. The molecule has 1 saturated carbocycles. The van der Waals surface area contributed by atoms with E-state index in [-0.39, 0.29) is 11.9 Å². The Balaban J connectivity index is 1.64. The van der Waals surface area contributed by atoms with Gasteiger partial charge in [-0.05, 0) is 47.9 Å². The Hall–Kier alpha value is -2.02. The van der Waals surface area contributed by atoms with Crippen molar-refractivity contribution in [1.82, 2.24) is 25.1 Å². The fourth-order valence-electron chi connectivity index (χ4n) is 3.09. The second-order valence-corrected chi connectivity index (χ2v) is 5.85. The minimum atomic E-state index is -0.351. The van der Waals surface area contributed by atoms with Crippen LogP contribution in [0.1, 0.15) is 25.3 Å². The van der Waals surface area contributed by atoms with Crippen molar-refractivity contribution in [3.63, 3.8) is 0 Å². The maximum atomic E-state index is 13.2. The van der Waals surface area contributed by atoms with Crippen molar-refractivity contribution in [3.05, 3.63) is 24.0 Å². The van der Waals surface area contributed by atoms with E-state index in [0.29, 0.717) is 17.1 Å². The van der Waals surface area contributed by atoms with E-state index in [1.807, 2.05) is 4.68 Å². The molecule has 0 amide bonds. The lowest BCUT2D eigenvalue weighted by molar-refractivity contribution is 0.309. The van der Waals surface area contributed by atoms with Crippen LogP contribution in [0.3, 0.4) is 0 Å². The minimum Gasteiger partial charge on any atom is -0.398 e. The van der Waals surface area contributed by atoms with E-state index in [4.69, 9.17) is 5.73 Å². The van der Waals surface area contributed by atoms with Gasteiger partial charge in [0.1, 0.15) is 5.82 Å². The fraction of sp³-hybridized carbons (Fsp3) is 0.500. The van der Waals surface area contributed by atoms with Crippen molar-refractivity contribution in [2.45, 2.75) is 31.3 Å². The predicted octanol–water partition coefficient (Wildman–Crippen LogP) is 1.47. The number of aromatic nitrogens is 4. The van der Waals surface area contributed by atoms with Crippen LogP contribution in [0.2, 0.25) is 0 Å². The molecular formula is C14H17FN6. The Kier molecular flexibility index (Phi) is 2.88. The molecule has 6 nitrogen and oxygen atoms in total. The van der Waals surface area contributed by atoms with E-state index in [9.17, 15) is 4.39 Å². The number of nitrogens with zero attached hydrogens (tertiary/aromatic N) is 5. The molecule has 4 rings (SSSR count). The maximum Gasteiger partial charge on any atom is 0.184 e. The third kappa shape index (κ3) is 2.27. The summed E-state index contributed by atoms with van der Waals surface area (Å²) in [5, 5.41) is 12.0. The van der Waals surface area contributed by atoms with Gasteiger partial charge in [-0.1, -0.05) is 0 Å². The van der Waals surface area contributed by atoms with E-state index in [1.54, 1.807) is 6.07 Å². The van der Waals surface area contributed by atoms with E-state index in [1.165, 1.54) is 25.0 Å². The Labute approximate surface area is 121 Å². The van der Waals surface area contributed by atoms with Crippen molar-refractivity contribution in [3.8, 4) is 11.4 Å². The van der Waals surface area contributed by atoms with Crippen molar-refractivity contribution in [1.29, 1.82) is 0 Å². The normalized spacial score (nSPS) is 22.8. The standard InChI is InChI=1S/C14H17FN6/c15-9-1-4-12(13(16)7-9)14-17-18-19-21(14)11-5-6-20(8-11)10-2-3-10/h1,4,7,10-11H,2-3,5-6,8,16H2. The Morgan fingerprint density at radius 2 is 2.05 bits per heavy atom. The van der Waals surface area contributed by atoms with Gasteiger partial charge < -0.3 is 5.73 Å². The molecule has 2 heterocycles. The number of halogens is 1. The van der Waals surface area contributed by atoms with Crippen molar-refractivity contribution >= 4 is 5.69 Å². The van der Waals surface area contributed by atoms with Gasteiger partial charge in [-0.2, -0.15) is 0 Å². The van der Waals surface area contributed by atoms with Gasteiger partial charge >= 0.3 is 0 Å². The molecule has 2 fully saturated rings. The molecule has 1 atom stereocenters. The first-order valence-corrected chi connectivity index (χ1v) is 7.29. The SMILES string of the molecule is Nc1cc(F)ccc1-c1nnnn1C1CCN(C2CC2)C1. The zero-order valence-corrected chi connectivity index (χ0v) is 11.6. The van der Waals surface area contributed by atoms with Crippen LogP contribution < -0.4 is 5.73 Å². The van der Waals surface area contributed by atoms with Crippen LogP contribution in [0.25, 0.3) is 11.4 Å². The highest BCUT2D eigenvalue weighted by Gasteiger charge is 2.36. The molecule has 7 heteroatoms. The summed E-state index contributed by atoms with van der Waals surface area (Å²) in [6.07, 6.45) is 3.65. The van der Waals surface area contributed by atoms with Crippen LogP contribution in [0.5, 0.6) is 0 Å². The van der Waals surface area contributed by atoms with Crippen molar-refractivity contribution in [2.75, 3.05) is 18.8 Å². The first-order chi connectivity index (χ1) is 10.2. The van der Waals surface area contributed by atoms with E-state index in [2.05, 4.69) is 20.4 Å². The highest BCUT2D eigenvalue weighted by Crippen LogP contribution is 2.35. The molecular weight excluding hydrogens is 271 g/mol. The van der Waals surface area contributed by atoms with E-state index in [0.717, 1.165) is 25.6 Å². The molecule has 1 aromatic heterocycles. The van der Waals surface area contributed by atoms with Crippen LogP contribution in [0, 0.1) is 5.82 Å². The average Bonchev–Trinajstić information content (AvgIpc) is 3.00. The summed E-state index contributed by atoms with van der Waals surface area (Å²) >= 11 is 0. The zero-order valence-electron chi connectivity index (χ0n) is 11.6. The number of nitrogens with two attached hydrogens (primary N) is 1. The van der Waals surface area contributed by atoms with Gasteiger partial charge in [0, 0.05) is 30.4 Å². The molecule has 1 saturated heterocycles. The predicted molar refractivity (Wildman–Crippen MR) is 75.9 cm³/mol. The number of anilines is 1. The first kappa shape index (κ1) is 12.7. The number of likely N-dealkylation sites (tertiary alicyclic amines) is 1. The second-order valence-electron chi connectivity index (χ2n) is 5.85. The lowest BCUT2D eigenvalue weighted by atomic mass is 10.1. The van der Waals surface area contributed by atoms with Crippen LogP contribution in [-0.2, 0) is 0 Å². The third-order valence-electron chi connectivity index (χ3n) is 4.35. The van der Waals surface area contributed by atoms with Crippen LogP contribution in [0.15, 0.2) is 18.2 Å². The van der Waals surface area contributed by atoms with Crippen molar-refractivity contribution < 1.29 is 4.39 Å². The monoisotopic (exact) mass is 288 g/mol. The summed E-state index contributed by atoms with van der Waals surface area (Å²) in [6, 6.07) is 5.35. The van der Waals surface area contributed by atoms with Gasteiger partial charge in [-0.25, -0.2) is 9.07 Å². The smallest absolute Gasteiger partial charge is 0.184 e. The molecule has 21 heavy (non-hydrogen) atoms. The lowest BCUT2D eigenvalue weighted by Gasteiger charge is -2.15. The molecule has 0 radical (unpaired) electrons. The van der Waals surface area contributed by atoms with Gasteiger partial charge in [-0.3, -0.25) is 4.90 Å². The molecule has 0 bridgehead atoms. The maximum absolute atomic E-state index is 13.2. The van der Waals surface area contributed by atoms with Crippen LogP contribution >= 0.6 is 0 Å². The van der Waals surface area contributed by atoms with Gasteiger partial charge in [0.25, 0.3) is 0 Å². The zero-order chi connectivity index (χ0) is 14.4. The van der Waals surface area contributed by atoms with Gasteiger partial charge in [-0.15, -0.1) is 5.10 Å². The summed E-state index contributed by atoms with van der Waals surface area (Å²) in [5.41, 5.74) is 6.96. The quantitative estimate of drug-likeness (QED) is 0.866. The van der Waals surface area contributed by atoms with Crippen molar-refractivity contribution in [2.24, 2.45) is 0 Å². The summed E-state index contributed by atoms with van der Waals surface area (Å²) in [6.45, 7) is 2.07. The first-order valence-electron chi connectivity index (χ1n) is 7.29. The van der Waals surface area contributed by atoms with Crippen LogP contribution in [0.4, 0.5) is 10.1 Å². The summed E-state index contributed by atoms with van der Waals surface area (Å²) < 4.78 is 15.0. The highest BCUT2D eigenvalue weighted by molar-refractivity contribution is 5.71. The number of nitrogen functional groups attached to an aromatic ring is 1. The molecule has 110 valence electrons. The molecule has 2 aliphatic rings.